The number of carbonyl (C=O) groups is 1. The molecule has 1 aliphatic heterocycles. The molecule has 1 fully saturated rings. The molecule has 1 aliphatic rings. The molecule has 138 valence electrons. The van der Waals surface area contributed by atoms with Crippen LogP contribution in [0.5, 0.6) is 0 Å². The fourth-order valence-corrected chi connectivity index (χ4v) is 3.27. The maximum absolute atomic E-state index is 13.6. The van der Waals surface area contributed by atoms with Gasteiger partial charge in [-0.15, -0.1) is 0 Å². The monoisotopic (exact) mass is 360 g/mol. The van der Waals surface area contributed by atoms with Crippen molar-refractivity contribution in [2.75, 3.05) is 25.5 Å². The normalized spacial score (nSPS) is 17.3. The van der Waals surface area contributed by atoms with Gasteiger partial charge in [0, 0.05) is 11.6 Å². The molecule has 4 nitrogen and oxygen atoms in total. The van der Waals surface area contributed by atoms with Crippen LogP contribution < -0.4 is 5.32 Å². The number of nitrogens with zero attached hydrogens (tertiary/aromatic N) is 1. The number of hydrogen-bond donors (Lipinski definition) is 1. The minimum absolute atomic E-state index is 0.327. The van der Waals surface area contributed by atoms with E-state index in [4.69, 9.17) is 4.74 Å². The lowest BCUT2D eigenvalue weighted by Crippen LogP contribution is -2.27. The first kappa shape index (κ1) is 18.3. The number of nitrogens with one attached hydrogen (secondary N) is 1. The number of hydrogen-bond acceptors (Lipinski definition) is 3. The summed E-state index contributed by atoms with van der Waals surface area (Å²) in [5.74, 6) is -0.816. The highest BCUT2D eigenvalue weighted by atomic mass is 19.1. The second kappa shape index (κ2) is 8.27. The third-order valence-electron chi connectivity index (χ3n) is 4.73. The molecule has 1 atom stereocenters. The largest absolute Gasteiger partial charge is 0.449 e. The molecule has 6 heteroatoms. The summed E-state index contributed by atoms with van der Waals surface area (Å²) < 4.78 is 32.0. The molecular weight excluding hydrogens is 338 g/mol. The smallest absolute Gasteiger partial charge is 0.411 e. The number of likely N-dealkylation sites (tertiary alicyclic amines) is 1. The van der Waals surface area contributed by atoms with Crippen molar-refractivity contribution in [3.8, 4) is 11.1 Å². The molecule has 1 saturated heterocycles. The van der Waals surface area contributed by atoms with Crippen molar-refractivity contribution in [2.45, 2.75) is 25.3 Å². The van der Waals surface area contributed by atoms with Gasteiger partial charge in [-0.3, -0.25) is 5.32 Å². The molecule has 1 unspecified atom stereocenters. The summed E-state index contributed by atoms with van der Waals surface area (Å²) in [5.41, 5.74) is 1.49. The Morgan fingerprint density at radius 1 is 1.19 bits per heavy atom. The summed E-state index contributed by atoms with van der Waals surface area (Å²) >= 11 is 0. The van der Waals surface area contributed by atoms with Crippen molar-refractivity contribution < 1.29 is 18.3 Å². The second-order valence-corrected chi connectivity index (χ2v) is 6.52. The lowest BCUT2D eigenvalue weighted by Gasteiger charge is -2.19. The molecule has 0 saturated carbocycles. The van der Waals surface area contributed by atoms with E-state index in [1.165, 1.54) is 48.9 Å². The van der Waals surface area contributed by atoms with E-state index < -0.39 is 11.9 Å². The molecule has 0 aromatic heterocycles. The summed E-state index contributed by atoms with van der Waals surface area (Å²) in [6.07, 6.45) is 2.50. The zero-order chi connectivity index (χ0) is 18.5. The Bertz CT molecular complexity index is 765. The van der Waals surface area contributed by atoms with Gasteiger partial charge in [-0.25, -0.2) is 13.6 Å². The number of ether oxygens (including phenoxy) is 1. The fourth-order valence-electron chi connectivity index (χ4n) is 3.27. The lowest BCUT2D eigenvalue weighted by atomic mass is 10.0. The van der Waals surface area contributed by atoms with Crippen molar-refractivity contribution in [3.05, 3.63) is 54.1 Å². The molecule has 1 N–H and O–H groups in total. The Morgan fingerprint density at radius 2 is 1.92 bits per heavy atom. The Labute approximate surface area is 151 Å². The molecule has 2 aromatic rings. The van der Waals surface area contributed by atoms with Gasteiger partial charge in [0.25, 0.3) is 0 Å². The number of rotatable bonds is 5. The van der Waals surface area contributed by atoms with Gasteiger partial charge in [0.05, 0.1) is 12.3 Å². The van der Waals surface area contributed by atoms with Crippen LogP contribution in [-0.2, 0) is 4.74 Å². The molecule has 0 spiro atoms. The summed E-state index contributed by atoms with van der Waals surface area (Å²) in [6, 6.07) is 10.1. The van der Waals surface area contributed by atoms with Gasteiger partial charge < -0.3 is 9.64 Å². The van der Waals surface area contributed by atoms with Crippen LogP contribution in [0.15, 0.2) is 42.5 Å². The van der Waals surface area contributed by atoms with Gasteiger partial charge in [0.15, 0.2) is 0 Å². The van der Waals surface area contributed by atoms with E-state index in [2.05, 4.69) is 17.3 Å². The Balaban J connectivity index is 1.63. The number of amides is 1. The van der Waals surface area contributed by atoms with Crippen LogP contribution in [0.2, 0.25) is 0 Å². The summed E-state index contributed by atoms with van der Waals surface area (Å²) in [6.45, 7) is 1.40. The van der Waals surface area contributed by atoms with E-state index in [1.54, 1.807) is 0 Å². The third-order valence-corrected chi connectivity index (χ3v) is 4.73. The molecule has 0 bridgehead atoms. The summed E-state index contributed by atoms with van der Waals surface area (Å²) in [7, 11) is 2.07. The Hall–Kier alpha value is -2.47. The van der Waals surface area contributed by atoms with Crippen LogP contribution in [0, 0.1) is 11.6 Å². The fraction of sp³-hybridized carbons (Fsp3) is 0.350. The number of benzene rings is 2. The van der Waals surface area contributed by atoms with E-state index in [0.29, 0.717) is 29.5 Å². The van der Waals surface area contributed by atoms with Crippen LogP contribution in [0.25, 0.3) is 11.1 Å². The maximum atomic E-state index is 13.6. The highest BCUT2D eigenvalue weighted by Gasteiger charge is 2.21. The van der Waals surface area contributed by atoms with Gasteiger partial charge in [0.1, 0.15) is 11.6 Å². The van der Waals surface area contributed by atoms with Crippen LogP contribution in [0.4, 0.5) is 19.3 Å². The van der Waals surface area contributed by atoms with Gasteiger partial charge >= 0.3 is 6.09 Å². The van der Waals surface area contributed by atoms with Gasteiger partial charge in [-0.05, 0) is 68.8 Å². The van der Waals surface area contributed by atoms with Crippen molar-refractivity contribution in [2.24, 2.45) is 0 Å². The molecule has 0 radical (unpaired) electrons. The van der Waals surface area contributed by atoms with Crippen molar-refractivity contribution in [1.29, 1.82) is 0 Å². The van der Waals surface area contributed by atoms with Crippen molar-refractivity contribution in [1.82, 2.24) is 4.90 Å². The second-order valence-electron chi connectivity index (χ2n) is 6.52. The first-order valence-electron chi connectivity index (χ1n) is 8.72. The average Bonchev–Trinajstić information content (AvgIpc) is 3.02. The van der Waals surface area contributed by atoms with Crippen LogP contribution in [-0.4, -0.2) is 37.2 Å². The van der Waals surface area contributed by atoms with Crippen LogP contribution in [0.3, 0.4) is 0 Å². The van der Waals surface area contributed by atoms with E-state index in [9.17, 15) is 13.6 Å². The number of anilines is 1. The molecular formula is C20H22F2N2O2. The van der Waals surface area contributed by atoms with E-state index in [1.807, 2.05) is 0 Å². The molecule has 2 aromatic carbocycles. The predicted molar refractivity (Wildman–Crippen MR) is 97.0 cm³/mol. The molecule has 0 aliphatic carbocycles. The van der Waals surface area contributed by atoms with Gasteiger partial charge in [-0.1, -0.05) is 12.1 Å². The van der Waals surface area contributed by atoms with E-state index in [0.717, 1.165) is 19.4 Å². The lowest BCUT2D eigenvalue weighted by molar-refractivity contribution is 0.147. The zero-order valence-electron chi connectivity index (χ0n) is 14.7. The van der Waals surface area contributed by atoms with Crippen molar-refractivity contribution in [3.63, 3.8) is 0 Å². The summed E-state index contributed by atoms with van der Waals surface area (Å²) in [5, 5.41) is 2.65. The van der Waals surface area contributed by atoms with Gasteiger partial charge in [0.2, 0.25) is 0 Å². The van der Waals surface area contributed by atoms with E-state index in [-0.39, 0.29) is 5.82 Å². The topological polar surface area (TPSA) is 41.6 Å². The van der Waals surface area contributed by atoms with Crippen molar-refractivity contribution >= 4 is 11.8 Å². The first-order valence-corrected chi connectivity index (χ1v) is 8.72. The molecule has 1 heterocycles. The van der Waals surface area contributed by atoms with Crippen LogP contribution in [0.1, 0.15) is 19.3 Å². The van der Waals surface area contributed by atoms with Gasteiger partial charge in [-0.2, -0.15) is 0 Å². The summed E-state index contributed by atoms with van der Waals surface area (Å²) in [4.78, 5) is 14.4. The first-order chi connectivity index (χ1) is 12.5. The quantitative estimate of drug-likeness (QED) is 0.843. The third kappa shape index (κ3) is 4.58. The van der Waals surface area contributed by atoms with E-state index >= 15 is 0 Å². The number of carbonyl (C=O) groups excluding carboxylic acids is 1. The molecule has 26 heavy (non-hydrogen) atoms. The highest BCUT2D eigenvalue weighted by Crippen LogP contribution is 2.29. The maximum Gasteiger partial charge on any atom is 0.411 e. The highest BCUT2D eigenvalue weighted by molar-refractivity contribution is 5.91. The minimum atomic E-state index is -0.583. The molecule has 3 rings (SSSR count). The Morgan fingerprint density at radius 3 is 2.62 bits per heavy atom. The average molecular weight is 360 g/mol. The predicted octanol–water partition coefficient (Wildman–Crippen LogP) is 4.66. The zero-order valence-corrected chi connectivity index (χ0v) is 14.7. The molecule has 1 amide bonds. The SMILES string of the molecule is CN1CCCC1CCOC(=O)Nc1ccc(F)cc1-c1ccc(F)cc1. The standard InChI is InChI=1S/C20H22F2N2O2/c1-24-11-2-3-17(24)10-12-26-20(25)23-19-9-8-16(22)13-18(19)14-4-6-15(21)7-5-14/h4-9,13,17H,2-3,10-12H2,1H3,(H,23,25). The Kier molecular flexibility index (Phi) is 5.83. The van der Waals surface area contributed by atoms with Crippen LogP contribution >= 0.6 is 0 Å². The minimum Gasteiger partial charge on any atom is -0.449 e. The number of halogens is 2.